The van der Waals surface area contributed by atoms with E-state index in [1.54, 1.807) is 13.1 Å². The quantitative estimate of drug-likeness (QED) is 0.760. The van der Waals surface area contributed by atoms with E-state index in [2.05, 4.69) is 24.3 Å². The van der Waals surface area contributed by atoms with Gasteiger partial charge < -0.3 is 11.1 Å². The van der Waals surface area contributed by atoms with Gasteiger partial charge in [0.05, 0.1) is 0 Å². The molecule has 0 aliphatic carbocycles. The lowest BCUT2D eigenvalue weighted by molar-refractivity contribution is 0.0991. The molecule has 0 saturated carbocycles. The Labute approximate surface area is 89.6 Å². The van der Waals surface area contributed by atoms with Gasteiger partial charge in [-0.1, -0.05) is 13.8 Å². The number of nitrogens with two attached hydrogens (primary N) is 1. The Morgan fingerprint density at radius 1 is 1.67 bits per heavy atom. The van der Waals surface area contributed by atoms with Crippen LogP contribution in [0.5, 0.6) is 0 Å². The Kier molecular flexibility index (Phi) is 3.71. The largest absolute Gasteiger partial charge is 0.369 e. The SMILES string of the molecule is CC(C)CCNc1cc(C(N)=O)n(C)n1. The van der Waals surface area contributed by atoms with Crippen LogP contribution in [-0.2, 0) is 7.05 Å². The smallest absolute Gasteiger partial charge is 0.267 e. The number of carbonyl (C=O) groups excluding carboxylic acids is 1. The van der Waals surface area contributed by atoms with Crippen molar-refractivity contribution < 1.29 is 4.79 Å². The molecule has 3 N–H and O–H groups in total. The van der Waals surface area contributed by atoms with E-state index in [1.165, 1.54) is 4.68 Å². The third-order valence-corrected chi connectivity index (χ3v) is 2.16. The van der Waals surface area contributed by atoms with E-state index in [0.29, 0.717) is 17.4 Å². The zero-order chi connectivity index (χ0) is 11.4. The van der Waals surface area contributed by atoms with E-state index in [9.17, 15) is 4.79 Å². The monoisotopic (exact) mass is 210 g/mol. The maximum Gasteiger partial charge on any atom is 0.267 e. The average Bonchev–Trinajstić information content (AvgIpc) is 2.46. The fourth-order valence-electron chi connectivity index (χ4n) is 1.27. The first-order valence-corrected chi connectivity index (χ1v) is 5.08. The Hall–Kier alpha value is -1.52. The number of aryl methyl sites for hydroxylation is 1. The number of rotatable bonds is 5. The number of aromatic nitrogens is 2. The maximum atomic E-state index is 11.0. The molecule has 1 rings (SSSR count). The van der Waals surface area contributed by atoms with E-state index in [0.717, 1.165) is 13.0 Å². The first-order chi connectivity index (χ1) is 7.00. The molecule has 0 aromatic carbocycles. The van der Waals surface area contributed by atoms with Gasteiger partial charge in [0.25, 0.3) is 5.91 Å². The molecule has 1 heterocycles. The molecule has 0 atom stereocenters. The van der Waals surface area contributed by atoms with Crippen molar-refractivity contribution in [2.45, 2.75) is 20.3 Å². The lowest BCUT2D eigenvalue weighted by Crippen LogP contribution is -2.15. The minimum atomic E-state index is -0.457. The maximum absolute atomic E-state index is 11.0. The Morgan fingerprint density at radius 3 is 2.80 bits per heavy atom. The summed E-state index contributed by atoms with van der Waals surface area (Å²) >= 11 is 0. The number of hydrogen-bond acceptors (Lipinski definition) is 3. The third-order valence-electron chi connectivity index (χ3n) is 2.16. The zero-order valence-electron chi connectivity index (χ0n) is 9.45. The van der Waals surface area contributed by atoms with Gasteiger partial charge in [-0.3, -0.25) is 9.48 Å². The summed E-state index contributed by atoms with van der Waals surface area (Å²) in [6.45, 7) is 5.18. The van der Waals surface area contributed by atoms with Gasteiger partial charge in [-0.2, -0.15) is 5.10 Å². The van der Waals surface area contributed by atoms with Crippen LogP contribution < -0.4 is 11.1 Å². The minimum Gasteiger partial charge on any atom is -0.369 e. The van der Waals surface area contributed by atoms with Crippen LogP contribution in [0.4, 0.5) is 5.82 Å². The number of primary amides is 1. The highest BCUT2D eigenvalue weighted by Crippen LogP contribution is 2.08. The Balaban J connectivity index is 2.56. The second kappa shape index (κ2) is 4.82. The summed E-state index contributed by atoms with van der Waals surface area (Å²) in [5.41, 5.74) is 5.60. The van der Waals surface area contributed by atoms with Crippen LogP contribution in [0, 0.1) is 5.92 Å². The molecule has 84 valence electrons. The summed E-state index contributed by atoms with van der Waals surface area (Å²) in [6.07, 6.45) is 1.07. The van der Waals surface area contributed by atoms with Crippen molar-refractivity contribution in [3.63, 3.8) is 0 Å². The van der Waals surface area contributed by atoms with Gasteiger partial charge >= 0.3 is 0 Å². The van der Waals surface area contributed by atoms with Gasteiger partial charge in [0, 0.05) is 19.7 Å². The standard InChI is InChI=1S/C10H18N4O/c1-7(2)4-5-12-9-6-8(10(11)15)14(3)13-9/h6-7H,4-5H2,1-3H3,(H2,11,15)(H,12,13). The second-order valence-corrected chi connectivity index (χ2v) is 4.01. The van der Waals surface area contributed by atoms with Crippen molar-refractivity contribution in [3.8, 4) is 0 Å². The topological polar surface area (TPSA) is 72.9 Å². The first kappa shape index (κ1) is 11.6. The van der Waals surface area contributed by atoms with Crippen LogP contribution >= 0.6 is 0 Å². The number of nitrogens with zero attached hydrogens (tertiary/aromatic N) is 2. The predicted molar refractivity (Wildman–Crippen MR) is 59.7 cm³/mol. The number of hydrogen-bond donors (Lipinski definition) is 2. The van der Waals surface area contributed by atoms with Crippen LogP contribution in [0.25, 0.3) is 0 Å². The lowest BCUT2D eigenvalue weighted by Gasteiger charge is -2.04. The number of carbonyl (C=O) groups is 1. The van der Waals surface area contributed by atoms with Crippen molar-refractivity contribution in [2.24, 2.45) is 18.7 Å². The molecule has 15 heavy (non-hydrogen) atoms. The van der Waals surface area contributed by atoms with Crippen LogP contribution in [0.3, 0.4) is 0 Å². The van der Waals surface area contributed by atoms with E-state index in [1.807, 2.05) is 0 Å². The molecule has 1 aromatic rings. The van der Waals surface area contributed by atoms with Gasteiger partial charge in [0.1, 0.15) is 11.5 Å². The summed E-state index contributed by atoms with van der Waals surface area (Å²) in [6, 6.07) is 1.67. The molecular weight excluding hydrogens is 192 g/mol. The molecule has 5 nitrogen and oxygen atoms in total. The Bertz CT molecular complexity index is 343. The Morgan fingerprint density at radius 2 is 2.33 bits per heavy atom. The minimum absolute atomic E-state index is 0.419. The van der Waals surface area contributed by atoms with Gasteiger partial charge in [0.2, 0.25) is 0 Å². The van der Waals surface area contributed by atoms with E-state index in [-0.39, 0.29) is 0 Å². The molecule has 0 unspecified atom stereocenters. The molecule has 5 heteroatoms. The molecule has 1 aromatic heterocycles. The molecule has 0 spiro atoms. The molecule has 0 radical (unpaired) electrons. The summed E-state index contributed by atoms with van der Waals surface area (Å²) < 4.78 is 1.49. The fourth-order valence-corrected chi connectivity index (χ4v) is 1.27. The average molecular weight is 210 g/mol. The molecule has 1 amide bonds. The number of nitrogens with one attached hydrogen (secondary N) is 1. The van der Waals surface area contributed by atoms with E-state index >= 15 is 0 Å². The highest BCUT2D eigenvalue weighted by atomic mass is 16.1. The van der Waals surface area contributed by atoms with Crippen molar-refractivity contribution in [1.82, 2.24) is 9.78 Å². The van der Waals surface area contributed by atoms with Crippen LogP contribution in [0.2, 0.25) is 0 Å². The van der Waals surface area contributed by atoms with E-state index in [4.69, 9.17) is 5.73 Å². The highest BCUT2D eigenvalue weighted by molar-refractivity contribution is 5.91. The van der Waals surface area contributed by atoms with Gasteiger partial charge in [-0.25, -0.2) is 0 Å². The van der Waals surface area contributed by atoms with Crippen molar-refractivity contribution in [3.05, 3.63) is 11.8 Å². The third kappa shape index (κ3) is 3.27. The molecular formula is C10H18N4O. The predicted octanol–water partition coefficient (Wildman–Crippen LogP) is 0.977. The lowest BCUT2D eigenvalue weighted by atomic mass is 10.1. The highest BCUT2D eigenvalue weighted by Gasteiger charge is 2.09. The van der Waals surface area contributed by atoms with Gasteiger partial charge in [-0.05, 0) is 12.3 Å². The number of anilines is 1. The van der Waals surface area contributed by atoms with E-state index < -0.39 is 5.91 Å². The first-order valence-electron chi connectivity index (χ1n) is 5.08. The molecule has 0 aliphatic rings. The van der Waals surface area contributed by atoms with Crippen molar-refractivity contribution in [2.75, 3.05) is 11.9 Å². The van der Waals surface area contributed by atoms with Crippen molar-refractivity contribution in [1.29, 1.82) is 0 Å². The van der Waals surface area contributed by atoms with Crippen LogP contribution in [0.1, 0.15) is 30.8 Å². The summed E-state index contributed by atoms with van der Waals surface area (Å²) in [4.78, 5) is 11.0. The molecule has 0 fully saturated rings. The summed E-state index contributed by atoms with van der Waals surface area (Å²) in [5, 5.41) is 7.29. The second-order valence-electron chi connectivity index (χ2n) is 4.01. The molecule has 0 aliphatic heterocycles. The van der Waals surface area contributed by atoms with Crippen molar-refractivity contribution >= 4 is 11.7 Å². The molecule has 0 bridgehead atoms. The molecule has 0 saturated heterocycles. The zero-order valence-corrected chi connectivity index (χ0v) is 9.45. The summed E-state index contributed by atoms with van der Waals surface area (Å²) in [5.74, 6) is 0.894. The summed E-state index contributed by atoms with van der Waals surface area (Å²) in [7, 11) is 1.70. The normalized spacial score (nSPS) is 10.7. The van der Waals surface area contributed by atoms with Gasteiger partial charge in [-0.15, -0.1) is 0 Å². The van der Waals surface area contributed by atoms with Crippen LogP contribution in [-0.4, -0.2) is 22.2 Å². The number of amides is 1. The fraction of sp³-hybridized carbons (Fsp3) is 0.600. The van der Waals surface area contributed by atoms with Crippen LogP contribution in [0.15, 0.2) is 6.07 Å². The van der Waals surface area contributed by atoms with Gasteiger partial charge in [0.15, 0.2) is 0 Å².